The monoisotopic (exact) mass is 447 g/mol. The van der Waals surface area contributed by atoms with E-state index in [0.717, 1.165) is 27.5 Å². The Balaban J connectivity index is 1.67. The predicted octanol–water partition coefficient (Wildman–Crippen LogP) is 4.67. The van der Waals surface area contributed by atoms with Crippen LogP contribution >= 0.6 is 0 Å². The molecule has 0 spiro atoms. The Bertz CT molecular complexity index is 1400. The van der Waals surface area contributed by atoms with Crippen molar-refractivity contribution in [2.45, 2.75) is 39.7 Å². The molecule has 2 aromatic carbocycles. The summed E-state index contributed by atoms with van der Waals surface area (Å²) in [6.07, 6.45) is 1.82. The molecule has 1 atom stereocenters. The minimum atomic E-state index is -1.09. The van der Waals surface area contributed by atoms with Crippen molar-refractivity contribution in [1.29, 1.82) is 0 Å². The van der Waals surface area contributed by atoms with E-state index in [1.54, 1.807) is 26.2 Å². The van der Waals surface area contributed by atoms with Gasteiger partial charge < -0.3 is 19.3 Å². The summed E-state index contributed by atoms with van der Waals surface area (Å²) in [5.41, 5.74) is 3.60. The zero-order valence-electron chi connectivity index (χ0n) is 18.7. The molecule has 7 nitrogen and oxygen atoms in total. The fourth-order valence-electron chi connectivity index (χ4n) is 4.04. The van der Waals surface area contributed by atoms with Gasteiger partial charge in [-0.25, -0.2) is 9.59 Å². The molecule has 0 fully saturated rings. The van der Waals surface area contributed by atoms with Crippen molar-refractivity contribution in [2.75, 3.05) is 0 Å². The average Bonchev–Trinajstić information content (AvgIpc) is 3.19. The molecule has 0 bridgehead atoms. The molecule has 33 heavy (non-hydrogen) atoms. The first-order valence-electron chi connectivity index (χ1n) is 10.8. The molecule has 2 heterocycles. The number of aliphatic carboxylic acids is 1. The Morgan fingerprint density at radius 3 is 2.45 bits per heavy atom. The SMILES string of the molecule is Cc1c(CCC(=O)N[C@H](C(=O)O)C(C)C)c(=O)oc2cc3occ(-c4ccccc4)c3cc12. The number of benzene rings is 2. The van der Waals surface area contributed by atoms with Gasteiger partial charge in [-0.2, -0.15) is 0 Å². The van der Waals surface area contributed by atoms with Gasteiger partial charge in [0.15, 0.2) is 0 Å². The highest BCUT2D eigenvalue weighted by atomic mass is 16.4. The molecule has 0 saturated carbocycles. The normalized spacial score (nSPS) is 12.4. The predicted molar refractivity (Wildman–Crippen MR) is 125 cm³/mol. The Morgan fingerprint density at radius 1 is 1.06 bits per heavy atom. The summed E-state index contributed by atoms with van der Waals surface area (Å²) < 4.78 is 11.3. The van der Waals surface area contributed by atoms with Crippen LogP contribution < -0.4 is 10.9 Å². The Kier molecular flexibility index (Phi) is 6.05. The number of fused-ring (bicyclic) bond motifs is 2. The molecule has 0 radical (unpaired) electrons. The van der Waals surface area contributed by atoms with Crippen molar-refractivity contribution < 1.29 is 23.5 Å². The Hall–Kier alpha value is -3.87. The summed E-state index contributed by atoms with van der Waals surface area (Å²) in [5.74, 6) is -1.76. The van der Waals surface area contributed by atoms with Crippen molar-refractivity contribution in [1.82, 2.24) is 5.32 Å². The third kappa shape index (κ3) is 4.39. The summed E-state index contributed by atoms with van der Waals surface area (Å²) in [6, 6.07) is 12.5. The number of carboxylic acids is 1. The van der Waals surface area contributed by atoms with Crippen molar-refractivity contribution in [3.05, 3.63) is 70.3 Å². The molecule has 2 aromatic heterocycles. The third-order valence-electron chi connectivity index (χ3n) is 5.92. The molecule has 2 N–H and O–H groups in total. The number of hydrogen-bond acceptors (Lipinski definition) is 5. The van der Waals surface area contributed by atoms with Crippen LogP contribution in [0.15, 0.2) is 62.4 Å². The zero-order chi connectivity index (χ0) is 23.7. The molecule has 4 rings (SSSR count). The number of carbonyl (C=O) groups is 2. The summed E-state index contributed by atoms with van der Waals surface area (Å²) in [7, 11) is 0. The van der Waals surface area contributed by atoms with Gasteiger partial charge >= 0.3 is 11.6 Å². The van der Waals surface area contributed by atoms with Gasteiger partial charge in [0.25, 0.3) is 0 Å². The van der Waals surface area contributed by atoms with Crippen LogP contribution in [0.5, 0.6) is 0 Å². The largest absolute Gasteiger partial charge is 0.480 e. The molecule has 170 valence electrons. The van der Waals surface area contributed by atoms with Crippen LogP contribution in [0, 0.1) is 12.8 Å². The first-order chi connectivity index (χ1) is 15.8. The van der Waals surface area contributed by atoms with Gasteiger partial charge in [-0.05, 0) is 36.5 Å². The van der Waals surface area contributed by atoms with E-state index in [1.165, 1.54) is 0 Å². The van der Waals surface area contributed by atoms with Crippen molar-refractivity contribution in [2.24, 2.45) is 5.92 Å². The molecular formula is C26H25NO6. The first kappa shape index (κ1) is 22.3. The van der Waals surface area contributed by atoms with Crippen LogP contribution in [0.1, 0.15) is 31.4 Å². The number of rotatable bonds is 7. The van der Waals surface area contributed by atoms with Gasteiger partial charge in [-0.3, -0.25) is 4.79 Å². The van der Waals surface area contributed by atoms with Crippen LogP contribution in [0.2, 0.25) is 0 Å². The fraction of sp³-hybridized carbons (Fsp3) is 0.269. The summed E-state index contributed by atoms with van der Waals surface area (Å²) >= 11 is 0. The number of nitrogens with one attached hydrogen (secondary N) is 1. The van der Waals surface area contributed by atoms with Gasteiger partial charge in [0.05, 0.1) is 6.26 Å². The standard InChI is InChI=1S/C26H25NO6/c1-14(2)24(25(29)30)27-23(28)10-9-17-15(3)18-11-19-20(16-7-5-4-6-8-16)13-32-21(19)12-22(18)33-26(17)31/h4-8,11-14,24H,9-10H2,1-3H3,(H,27,28)(H,29,30)/t24-/m0/s1. The second-order valence-electron chi connectivity index (χ2n) is 8.48. The molecule has 1 amide bonds. The van der Waals surface area contributed by atoms with Crippen molar-refractivity contribution >= 4 is 33.8 Å². The van der Waals surface area contributed by atoms with Crippen LogP contribution in [0.4, 0.5) is 0 Å². The van der Waals surface area contributed by atoms with Crippen LogP contribution in [-0.4, -0.2) is 23.0 Å². The molecule has 7 heteroatoms. The molecule has 0 saturated heterocycles. The van der Waals surface area contributed by atoms with E-state index in [9.17, 15) is 19.5 Å². The summed E-state index contributed by atoms with van der Waals surface area (Å²) in [6.45, 7) is 5.28. The lowest BCUT2D eigenvalue weighted by molar-refractivity contribution is -0.143. The zero-order valence-corrected chi connectivity index (χ0v) is 18.7. The topological polar surface area (TPSA) is 110 Å². The molecular weight excluding hydrogens is 422 g/mol. The van der Waals surface area contributed by atoms with E-state index >= 15 is 0 Å². The number of aryl methyl sites for hydroxylation is 1. The number of furan rings is 1. The number of hydrogen-bond donors (Lipinski definition) is 2. The molecule has 0 unspecified atom stereocenters. The van der Waals surface area contributed by atoms with E-state index in [0.29, 0.717) is 16.7 Å². The minimum Gasteiger partial charge on any atom is -0.480 e. The summed E-state index contributed by atoms with van der Waals surface area (Å²) in [4.78, 5) is 36.3. The maximum absolute atomic E-state index is 12.6. The smallest absolute Gasteiger partial charge is 0.339 e. The molecule has 0 aliphatic carbocycles. The van der Waals surface area contributed by atoms with Gasteiger partial charge in [0.1, 0.15) is 17.2 Å². The summed E-state index contributed by atoms with van der Waals surface area (Å²) in [5, 5.41) is 13.5. The van der Waals surface area contributed by atoms with Crippen LogP contribution in [0.3, 0.4) is 0 Å². The van der Waals surface area contributed by atoms with Gasteiger partial charge in [0.2, 0.25) is 5.91 Å². The molecule has 4 aromatic rings. The maximum atomic E-state index is 12.6. The van der Waals surface area contributed by atoms with Crippen molar-refractivity contribution in [3.8, 4) is 11.1 Å². The lowest BCUT2D eigenvalue weighted by Crippen LogP contribution is -2.44. The number of carbonyl (C=O) groups excluding carboxylic acids is 1. The van der Waals surface area contributed by atoms with Crippen LogP contribution in [0.25, 0.3) is 33.1 Å². The van der Waals surface area contributed by atoms with Gasteiger partial charge in [-0.15, -0.1) is 0 Å². The lowest BCUT2D eigenvalue weighted by atomic mass is 9.98. The highest BCUT2D eigenvalue weighted by Crippen LogP contribution is 2.34. The first-order valence-corrected chi connectivity index (χ1v) is 10.8. The van der Waals surface area contributed by atoms with E-state index < -0.39 is 23.5 Å². The minimum absolute atomic E-state index is 0.0170. The van der Waals surface area contributed by atoms with E-state index in [-0.39, 0.29) is 18.8 Å². The second kappa shape index (κ2) is 8.94. The highest BCUT2D eigenvalue weighted by Gasteiger charge is 2.24. The molecule has 0 aliphatic heterocycles. The van der Waals surface area contributed by atoms with Gasteiger partial charge in [0, 0.05) is 34.4 Å². The highest BCUT2D eigenvalue weighted by molar-refractivity contribution is 6.02. The van der Waals surface area contributed by atoms with E-state index in [2.05, 4.69) is 5.32 Å². The Labute approximate surface area is 190 Å². The van der Waals surface area contributed by atoms with E-state index in [1.807, 2.05) is 43.3 Å². The molecule has 0 aliphatic rings. The Morgan fingerprint density at radius 2 is 1.79 bits per heavy atom. The van der Waals surface area contributed by atoms with Crippen LogP contribution in [-0.2, 0) is 16.0 Å². The maximum Gasteiger partial charge on any atom is 0.339 e. The van der Waals surface area contributed by atoms with Crippen molar-refractivity contribution in [3.63, 3.8) is 0 Å². The quantitative estimate of drug-likeness (QED) is 0.398. The van der Waals surface area contributed by atoms with E-state index in [4.69, 9.17) is 8.83 Å². The lowest BCUT2D eigenvalue weighted by Gasteiger charge is -2.17. The number of carboxylic acid groups (broad SMARTS) is 1. The average molecular weight is 447 g/mol. The second-order valence-corrected chi connectivity index (χ2v) is 8.48. The fourth-order valence-corrected chi connectivity index (χ4v) is 4.04. The third-order valence-corrected chi connectivity index (χ3v) is 5.92. The van der Waals surface area contributed by atoms with Gasteiger partial charge in [-0.1, -0.05) is 44.2 Å². The number of amides is 1.